The highest BCUT2D eigenvalue weighted by atomic mass is 16.4. The van der Waals surface area contributed by atoms with Gasteiger partial charge < -0.3 is 9.52 Å². The topological polar surface area (TPSA) is 99.9 Å². The smallest absolute Gasteiger partial charge is 0.324 e. The summed E-state index contributed by atoms with van der Waals surface area (Å²) in [5, 5.41) is 14.9. The van der Waals surface area contributed by atoms with Crippen molar-refractivity contribution in [1.82, 2.24) is 10.2 Å². The number of amides is 2. The number of rotatable bonds is 5. The van der Waals surface area contributed by atoms with Gasteiger partial charge in [-0.15, -0.1) is 0 Å². The number of carbonyl (C=O) groups excluding carboxylic acids is 2. The highest BCUT2D eigenvalue weighted by Gasteiger charge is 2.69. The number of hydrogen-bond acceptors (Lipinski definition) is 5. The molecular weight excluding hydrogens is 444 g/mol. The molecule has 2 amide bonds. The quantitative estimate of drug-likeness (QED) is 0.599. The highest BCUT2D eigenvalue weighted by Crippen LogP contribution is 2.53. The van der Waals surface area contributed by atoms with Crippen LogP contribution in [0.1, 0.15) is 82.4 Å². The molecule has 2 saturated carbocycles. The third-order valence-electron chi connectivity index (χ3n) is 9.10. The Morgan fingerprint density at radius 3 is 2.37 bits per heavy atom. The Hall–Kier alpha value is -2.67. The molecular formula is C28H34N2O5. The van der Waals surface area contributed by atoms with Crippen molar-refractivity contribution in [2.24, 2.45) is 17.8 Å². The van der Waals surface area contributed by atoms with Crippen molar-refractivity contribution < 1.29 is 23.9 Å². The summed E-state index contributed by atoms with van der Waals surface area (Å²) in [4.78, 5) is 42.4. The first-order valence-electron chi connectivity index (χ1n) is 13.4. The summed E-state index contributed by atoms with van der Waals surface area (Å²) in [5.41, 5.74) is -0.770. The van der Waals surface area contributed by atoms with Gasteiger partial charge in [0.15, 0.2) is 0 Å². The summed E-state index contributed by atoms with van der Waals surface area (Å²) < 4.78 is 6.15. The number of carboxylic acid groups (broad SMARTS) is 1. The zero-order valence-electron chi connectivity index (χ0n) is 20.1. The number of nitrogens with one attached hydrogen (secondary N) is 1. The molecule has 4 aliphatic rings. The highest BCUT2D eigenvalue weighted by molar-refractivity contribution is 6.09. The van der Waals surface area contributed by atoms with Crippen molar-refractivity contribution in [3.05, 3.63) is 36.1 Å². The summed E-state index contributed by atoms with van der Waals surface area (Å²) in [6.45, 7) is 0. The van der Waals surface area contributed by atoms with Gasteiger partial charge in [-0.25, -0.2) is 0 Å². The minimum atomic E-state index is -1.47. The lowest BCUT2D eigenvalue weighted by atomic mass is 9.72. The molecule has 35 heavy (non-hydrogen) atoms. The van der Waals surface area contributed by atoms with Crippen molar-refractivity contribution in [2.75, 3.05) is 0 Å². The number of carbonyl (C=O) groups is 3. The fourth-order valence-corrected chi connectivity index (χ4v) is 7.44. The van der Waals surface area contributed by atoms with E-state index in [-0.39, 0.29) is 23.8 Å². The summed E-state index contributed by atoms with van der Waals surface area (Å²) >= 11 is 0. The summed E-state index contributed by atoms with van der Waals surface area (Å²) in [6.07, 6.45) is 10.4. The second kappa shape index (κ2) is 8.77. The van der Waals surface area contributed by atoms with Gasteiger partial charge in [0.25, 0.3) is 0 Å². The number of aliphatic carboxylic acids is 1. The van der Waals surface area contributed by atoms with Crippen LogP contribution in [0.4, 0.5) is 0 Å². The normalized spacial score (nSPS) is 32.5. The Morgan fingerprint density at radius 1 is 1.00 bits per heavy atom. The largest absolute Gasteiger partial charge is 0.480 e. The van der Waals surface area contributed by atoms with E-state index in [4.69, 9.17) is 4.42 Å². The van der Waals surface area contributed by atoms with Gasteiger partial charge in [0.05, 0.1) is 17.9 Å². The number of para-hydroxylation sites is 1. The molecule has 2 saturated heterocycles. The summed E-state index contributed by atoms with van der Waals surface area (Å²) in [7, 11) is 0. The summed E-state index contributed by atoms with van der Waals surface area (Å²) in [5.74, 6) is -2.44. The standard InChI is InChI=1S/C28H34N2O5/c31-25-22-23(26(32)30(25)19-12-5-2-6-13-19)28(27(33)34,16-17-9-3-1-4-10-17)29-24(22)21-15-18-11-7-8-14-20(18)35-21/h7-8,11,14-15,17,19,22-24,29H,1-6,9-10,12-13,16H2,(H,33,34). The molecule has 2 aliphatic carbocycles. The molecule has 4 fully saturated rings. The SMILES string of the molecule is O=C1C2C(c3cc4ccccc4o3)NC(CC3CCCCC3)(C(=O)O)C2C(=O)N1C1CCCCC1. The molecule has 2 N–H and O–H groups in total. The molecule has 2 aromatic rings. The minimum absolute atomic E-state index is 0.119. The lowest BCUT2D eigenvalue weighted by molar-refractivity contribution is -0.153. The Morgan fingerprint density at radius 2 is 1.69 bits per heavy atom. The van der Waals surface area contributed by atoms with E-state index in [0.717, 1.165) is 63.2 Å². The molecule has 0 bridgehead atoms. The van der Waals surface area contributed by atoms with Crippen LogP contribution in [-0.4, -0.2) is 39.4 Å². The molecule has 3 heterocycles. The molecule has 1 aromatic carbocycles. The van der Waals surface area contributed by atoms with E-state index in [0.29, 0.717) is 17.8 Å². The number of imide groups is 1. The van der Waals surface area contributed by atoms with E-state index in [2.05, 4.69) is 5.32 Å². The Balaban J connectivity index is 1.43. The number of carboxylic acids is 1. The van der Waals surface area contributed by atoms with Crippen LogP contribution < -0.4 is 5.32 Å². The first-order chi connectivity index (χ1) is 17.0. The van der Waals surface area contributed by atoms with Crippen LogP contribution in [0.25, 0.3) is 11.0 Å². The van der Waals surface area contributed by atoms with E-state index < -0.39 is 29.4 Å². The van der Waals surface area contributed by atoms with Gasteiger partial charge in [-0.2, -0.15) is 0 Å². The average Bonchev–Trinajstić information content (AvgIpc) is 3.52. The predicted octanol–water partition coefficient (Wildman–Crippen LogP) is 4.80. The zero-order valence-corrected chi connectivity index (χ0v) is 20.1. The maximum absolute atomic E-state index is 14.0. The van der Waals surface area contributed by atoms with Crippen molar-refractivity contribution >= 4 is 28.8 Å². The fourth-order valence-electron chi connectivity index (χ4n) is 7.44. The first kappa shape index (κ1) is 22.8. The number of benzene rings is 1. The third kappa shape index (κ3) is 3.62. The lowest BCUT2D eigenvalue weighted by Gasteiger charge is -2.37. The zero-order chi connectivity index (χ0) is 24.2. The monoisotopic (exact) mass is 478 g/mol. The van der Waals surface area contributed by atoms with Gasteiger partial charge in [0.2, 0.25) is 11.8 Å². The van der Waals surface area contributed by atoms with Gasteiger partial charge in [-0.05, 0) is 37.3 Å². The number of furan rings is 1. The summed E-state index contributed by atoms with van der Waals surface area (Å²) in [6, 6.07) is 8.75. The molecule has 4 atom stereocenters. The Labute approximate surface area is 205 Å². The van der Waals surface area contributed by atoms with Crippen molar-refractivity contribution in [3.63, 3.8) is 0 Å². The van der Waals surface area contributed by atoms with Crippen LogP contribution in [0.3, 0.4) is 0 Å². The molecule has 7 nitrogen and oxygen atoms in total. The molecule has 4 unspecified atom stereocenters. The van der Waals surface area contributed by atoms with Crippen molar-refractivity contribution in [3.8, 4) is 0 Å². The number of fused-ring (bicyclic) bond motifs is 2. The third-order valence-corrected chi connectivity index (χ3v) is 9.10. The molecule has 7 heteroatoms. The van der Waals surface area contributed by atoms with E-state index in [1.54, 1.807) is 0 Å². The van der Waals surface area contributed by atoms with Gasteiger partial charge in [-0.1, -0.05) is 69.6 Å². The maximum Gasteiger partial charge on any atom is 0.324 e. The van der Waals surface area contributed by atoms with Crippen molar-refractivity contribution in [2.45, 2.75) is 88.3 Å². The van der Waals surface area contributed by atoms with Crippen LogP contribution in [-0.2, 0) is 14.4 Å². The lowest BCUT2D eigenvalue weighted by Crippen LogP contribution is -2.57. The Kier molecular flexibility index (Phi) is 5.71. The van der Waals surface area contributed by atoms with Crippen molar-refractivity contribution in [1.29, 1.82) is 0 Å². The van der Waals surface area contributed by atoms with Crippen LogP contribution >= 0.6 is 0 Å². The van der Waals surface area contributed by atoms with Crippen LogP contribution in [0.2, 0.25) is 0 Å². The molecule has 6 rings (SSSR count). The average molecular weight is 479 g/mol. The van der Waals surface area contributed by atoms with Gasteiger partial charge in [0, 0.05) is 11.4 Å². The van der Waals surface area contributed by atoms with E-state index in [9.17, 15) is 19.5 Å². The number of hydrogen-bond donors (Lipinski definition) is 2. The van der Waals surface area contributed by atoms with E-state index in [1.165, 1.54) is 11.3 Å². The predicted molar refractivity (Wildman–Crippen MR) is 129 cm³/mol. The van der Waals surface area contributed by atoms with Crippen LogP contribution in [0.5, 0.6) is 0 Å². The Bertz CT molecular complexity index is 1110. The molecule has 186 valence electrons. The fraction of sp³-hybridized carbons (Fsp3) is 0.607. The van der Waals surface area contributed by atoms with Crippen LogP contribution in [0.15, 0.2) is 34.7 Å². The number of nitrogens with zero attached hydrogens (tertiary/aromatic N) is 1. The molecule has 1 aromatic heterocycles. The van der Waals surface area contributed by atoms with Crippen LogP contribution in [0, 0.1) is 17.8 Å². The first-order valence-corrected chi connectivity index (χ1v) is 13.4. The van der Waals surface area contributed by atoms with Gasteiger partial charge >= 0.3 is 5.97 Å². The van der Waals surface area contributed by atoms with E-state index >= 15 is 0 Å². The van der Waals surface area contributed by atoms with Gasteiger partial charge in [-0.3, -0.25) is 24.6 Å². The molecule has 0 spiro atoms. The molecule has 2 aliphatic heterocycles. The van der Waals surface area contributed by atoms with Gasteiger partial charge in [0.1, 0.15) is 16.9 Å². The number of likely N-dealkylation sites (tertiary alicyclic amines) is 1. The maximum atomic E-state index is 14.0. The second-order valence-corrected chi connectivity index (χ2v) is 11.1. The minimum Gasteiger partial charge on any atom is -0.480 e. The van der Waals surface area contributed by atoms with E-state index in [1.807, 2.05) is 30.3 Å². The second-order valence-electron chi connectivity index (χ2n) is 11.1. The molecule has 0 radical (unpaired) electrons.